The summed E-state index contributed by atoms with van der Waals surface area (Å²) >= 11 is 0. The molecule has 0 unspecified atom stereocenters. The number of rotatable bonds is 1. The van der Waals surface area contributed by atoms with E-state index in [0.717, 1.165) is 6.07 Å². The molecule has 2 rings (SSSR count). The van der Waals surface area contributed by atoms with E-state index in [4.69, 9.17) is 5.11 Å². The highest BCUT2D eigenvalue weighted by Crippen LogP contribution is 2.18. The maximum Gasteiger partial charge on any atom is 0.339 e. The molecule has 2 N–H and O–H groups in total. The molecular weight excluding hydrogens is 201 g/mol. The summed E-state index contributed by atoms with van der Waals surface area (Å²) in [6.07, 6.45) is 1.29. The van der Waals surface area contributed by atoms with Crippen LogP contribution in [0.15, 0.2) is 29.2 Å². The molecule has 0 fully saturated rings. The number of aromatic amines is 1. The number of nitrogens with one attached hydrogen (secondary N) is 1. The molecule has 0 saturated heterocycles. The highest BCUT2D eigenvalue weighted by Gasteiger charge is 2.15. The Balaban J connectivity index is 3.01. The predicted octanol–water partition coefficient (Wildman–Crippen LogP) is 1.37. The molecule has 0 bridgehead atoms. The van der Waals surface area contributed by atoms with Crippen molar-refractivity contribution in [1.82, 2.24) is 4.98 Å². The van der Waals surface area contributed by atoms with Crippen molar-refractivity contribution in [3.63, 3.8) is 0 Å². The third-order valence-corrected chi connectivity index (χ3v) is 2.12. The second-order valence-corrected chi connectivity index (χ2v) is 3.00. The van der Waals surface area contributed by atoms with Crippen LogP contribution in [0, 0.1) is 5.82 Å². The van der Waals surface area contributed by atoms with Gasteiger partial charge in [-0.1, -0.05) is 0 Å². The second kappa shape index (κ2) is 3.20. The summed E-state index contributed by atoms with van der Waals surface area (Å²) in [4.78, 5) is 24.5. The van der Waals surface area contributed by atoms with Gasteiger partial charge in [-0.15, -0.1) is 0 Å². The molecule has 1 aromatic carbocycles. The molecule has 0 aliphatic carbocycles. The number of carboxylic acids is 1. The number of hydrogen-bond acceptors (Lipinski definition) is 2. The van der Waals surface area contributed by atoms with E-state index in [2.05, 4.69) is 4.98 Å². The van der Waals surface area contributed by atoms with Gasteiger partial charge in [-0.3, -0.25) is 4.79 Å². The Bertz CT molecular complexity index is 603. The first-order valence-corrected chi connectivity index (χ1v) is 4.14. The van der Waals surface area contributed by atoms with Gasteiger partial charge in [-0.2, -0.15) is 0 Å². The molecule has 0 amide bonds. The third kappa shape index (κ3) is 1.38. The zero-order chi connectivity index (χ0) is 11.0. The smallest absolute Gasteiger partial charge is 0.339 e. The maximum atomic E-state index is 13.2. The number of benzene rings is 1. The molecule has 0 aliphatic heterocycles. The molecular formula is C10H6FNO3. The number of aromatic nitrogens is 1. The standard InChI is InChI=1S/C10H6FNO3/c11-7-2-1-6-5(8(7)10(14)15)3-4-12-9(6)13/h1-4H,(H,12,13)(H,14,15). The first-order chi connectivity index (χ1) is 7.11. The molecule has 0 radical (unpaired) electrons. The van der Waals surface area contributed by atoms with Crippen molar-refractivity contribution in [2.75, 3.05) is 0 Å². The molecule has 4 nitrogen and oxygen atoms in total. The van der Waals surface area contributed by atoms with Crippen molar-refractivity contribution in [2.24, 2.45) is 0 Å². The molecule has 0 aliphatic rings. The Hall–Kier alpha value is -2.17. The van der Waals surface area contributed by atoms with Crippen molar-refractivity contribution in [1.29, 1.82) is 0 Å². The zero-order valence-corrected chi connectivity index (χ0v) is 7.45. The summed E-state index contributed by atoms with van der Waals surface area (Å²) in [5.41, 5.74) is -0.909. The summed E-state index contributed by atoms with van der Waals surface area (Å²) in [5, 5.41) is 9.07. The first-order valence-electron chi connectivity index (χ1n) is 4.14. The topological polar surface area (TPSA) is 70.2 Å². The van der Waals surface area contributed by atoms with E-state index in [-0.39, 0.29) is 10.8 Å². The van der Waals surface area contributed by atoms with Crippen LogP contribution in [-0.4, -0.2) is 16.1 Å². The SMILES string of the molecule is O=C(O)c1c(F)ccc2c(=O)[nH]ccc12. The van der Waals surface area contributed by atoms with E-state index in [1.54, 1.807) is 0 Å². The van der Waals surface area contributed by atoms with E-state index in [9.17, 15) is 14.0 Å². The number of aromatic carboxylic acids is 1. The predicted molar refractivity (Wildman–Crippen MR) is 51.5 cm³/mol. The minimum atomic E-state index is -1.39. The number of halogens is 1. The lowest BCUT2D eigenvalue weighted by atomic mass is 10.1. The fraction of sp³-hybridized carbons (Fsp3) is 0. The Kier molecular flexibility index (Phi) is 2.00. The summed E-state index contributed by atoms with van der Waals surface area (Å²) in [7, 11) is 0. The molecule has 5 heteroatoms. The van der Waals surface area contributed by atoms with Crippen molar-refractivity contribution >= 4 is 16.7 Å². The third-order valence-electron chi connectivity index (χ3n) is 2.12. The lowest BCUT2D eigenvalue weighted by molar-refractivity contribution is 0.0694. The van der Waals surface area contributed by atoms with E-state index < -0.39 is 22.9 Å². The average Bonchev–Trinajstić information content (AvgIpc) is 2.17. The van der Waals surface area contributed by atoms with Crippen LogP contribution >= 0.6 is 0 Å². The number of pyridine rings is 1. The van der Waals surface area contributed by atoms with Gasteiger partial charge >= 0.3 is 5.97 Å². The van der Waals surface area contributed by atoms with Gasteiger partial charge in [0.1, 0.15) is 11.4 Å². The molecule has 0 atom stereocenters. The van der Waals surface area contributed by atoms with Crippen LogP contribution in [0.5, 0.6) is 0 Å². The summed E-state index contributed by atoms with van der Waals surface area (Å²) in [6.45, 7) is 0. The fourth-order valence-electron chi connectivity index (χ4n) is 1.46. The van der Waals surface area contributed by atoms with E-state index >= 15 is 0 Å². The number of hydrogen-bond donors (Lipinski definition) is 2. The van der Waals surface area contributed by atoms with Gasteiger partial charge in [0.25, 0.3) is 5.56 Å². The van der Waals surface area contributed by atoms with Crippen LogP contribution in [0.4, 0.5) is 4.39 Å². The minimum Gasteiger partial charge on any atom is -0.478 e. The van der Waals surface area contributed by atoms with Gasteiger partial charge in [0, 0.05) is 17.0 Å². The Morgan fingerprint density at radius 2 is 2.00 bits per heavy atom. The van der Waals surface area contributed by atoms with Crippen LogP contribution in [0.2, 0.25) is 0 Å². The molecule has 2 aromatic rings. The number of carbonyl (C=O) groups is 1. The Morgan fingerprint density at radius 1 is 1.27 bits per heavy atom. The average molecular weight is 207 g/mol. The molecule has 0 spiro atoms. The Morgan fingerprint density at radius 3 is 2.67 bits per heavy atom. The van der Waals surface area contributed by atoms with Crippen molar-refractivity contribution in [2.45, 2.75) is 0 Å². The molecule has 0 saturated carbocycles. The van der Waals surface area contributed by atoms with Crippen LogP contribution < -0.4 is 5.56 Å². The largest absolute Gasteiger partial charge is 0.478 e. The monoisotopic (exact) mass is 207 g/mol. The summed E-state index contributed by atoms with van der Waals surface area (Å²) in [5.74, 6) is -2.23. The first kappa shape index (κ1) is 9.39. The quantitative estimate of drug-likeness (QED) is 0.741. The highest BCUT2D eigenvalue weighted by atomic mass is 19.1. The van der Waals surface area contributed by atoms with Crippen molar-refractivity contribution in [3.05, 3.63) is 46.1 Å². The van der Waals surface area contributed by atoms with Crippen LogP contribution in [0.3, 0.4) is 0 Å². The van der Waals surface area contributed by atoms with Crippen LogP contribution in [0.25, 0.3) is 10.8 Å². The summed E-state index contributed by atoms with van der Waals surface area (Å²) in [6, 6.07) is 3.60. The van der Waals surface area contributed by atoms with E-state index in [1.807, 2.05) is 0 Å². The van der Waals surface area contributed by atoms with Crippen LogP contribution in [0.1, 0.15) is 10.4 Å². The molecule has 1 aromatic heterocycles. The highest BCUT2D eigenvalue weighted by molar-refractivity contribution is 6.03. The minimum absolute atomic E-state index is 0.103. The lowest BCUT2D eigenvalue weighted by Gasteiger charge is -2.02. The van der Waals surface area contributed by atoms with Crippen LogP contribution in [-0.2, 0) is 0 Å². The maximum absolute atomic E-state index is 13.2. The van der Waals surface area contributed by atoms with E-state index in [1.165, 1.54) is 18.3 Å². The van der Waals surface area contributed by atoms with Gasteiger partial charge < -0.3 is 10.1 Å². The van der Waals surface area contributed by atoms with Gasteiger partial charge in [0.15, 0.2) is 0 Å². The Labute approximate surface area is 83.0 Å². The zero-order valence-electron chi connectivity index (χ0n) is 7.45. The number of fused-ring (bicyclic) bond motifs is 1. The fourth-order valence-corrected chi connectivity index (χ4v) is 1.46. The van der Waals surface area contributed by atoms with E-state index in [0.29, 0.717) is 0 Å². The second-order valence-electron chi connectivity index (χ2n) is 3.00. The van der Waals surface area contributed by atoms with Gasteiger partial charge in [0.2, 0.25) is 0 Å². The van der Waals surface area contributed by atoms with Gasteiger partial charge in [0.05, 0.1) is 0 Å². The molecule has 1 heterocycles. The molecule has 76 valence electrons. The summed E-state index contributed by atoms with van der Waals surface area (Å²) < 4.78 is 13.2. The van der Waals surface area contributed by atoms with Crippen molar-refractivity contribution in [3.8, 4) is 0 Å². The number of H-pyrrole nitrogens is 1. The van der Waals surface area contributed by atoms with Crippen molar-refractivity contribution < 1.29 is 14.3 Å². The molecule has 15 heavy (non-hydrogen) atoms. The normalized spacial score (nSPS) is 10.5. The van der Waals surface area contributed by atoms with Gasteiger partial charge in [-0.05, 0) is 18.2 Å². The number of carboxylic acid groups (broad SMARTS) is 1. The van der Waals surface area contributed by atoms with Gasteiger partial charge in [-0.25, -0.2) is 9.18 Å². The lowest BCUT2D eigenvalue weighted by Crippen LogP contribution is -2.09.